The van der Waals surface area contributed by atoms with Crippen LogP contribution in [0.15, 0.2) is 47.4 Å². The summed E-state index contributed by atoms with van der Waals surface area (Å²) in [5, 5.41) is 0. The summed E-state index contributed by atoms with van der Waals surface area (Å²) in [5.41, 5.74) is 0.599. The van der Waals surface area contributed by atoms with Crippen molar-refractivity contribution in [3.63, 3.8) is 0 Å². The minimum Gasteiger partial charge on any atom is -0.456 e. The molecule has 0 fully saturated rings. The molecule has 0 aliphatic carbocycles. The highest BCUT2D eigenvalue weighted by atomic mass is 16.6. The third-order valence-electron chi connectivity index (χ3n) is 2.62. The molecular weight excluding hydrogens is 254 g/mol. The molecular formula is C16H17NO3. The molecule has 1 aromatic carbocycles. The second-order valence-corrected chi connectivity index (χ2v) is 5.49. The molecule has 1 N–H and O–H groups in total. The first-order valence-corrected chi connectivity index (χ1v) is 6.38. The Bertz CT molecular complexity index is 666. The van der Waals surface area contributed by atoms with Gasteiger partial charge in [0.15, 0.2) is 5.43 Å². The molecule has 4 heteroatoms. The smallest absolute Gasteiger partial charge is 0.344 e. The fourth-order valence-corrected chi connectivity index (χ4v) is 1.75. The molecule has 0 unspecified atom stereocenters. The molecule has 104 valence electrons. The van der Waals surface area contributed by atoms with E-state index >= 15 is 0 Å². The van der Waals surface area contributed by atoms with E-state index in [1.807, 2.05) is 30.3 Å². The van der Waals surface area contributed by atoms with Crippen molar-refractivity contribution in [2.24, 2.45) is 0 Å². The van der Waals surface area contributed by atoms with E-state index in [0.717, 1.165) is 5.56 Å². The predicted octanol–water partition coefficient (Wildman–Crippen LogP) is 3.00. The van der Waals surface area contributed by atoms with Crippen molar-refractivity contribution in [1.82, 2.24) is 4.98 Å². The number of aromatic nitrogens is 1. The second kappa shape index (κ2) is 5.33. The molecule has 0 atom stereocenters. The summed E-state index contributed by atoms with van der Waals surface area (Å²) in [4.78, 5) is 26.9. The number of nitrogens with one attached hydrogen (secondary N) is 1. The van der Waals surface area contributed by atoms with Crippen molar-refractivity contribution in [2.45, 2.75) is 26.4 Å². The largest absolute Gasteiger partial charge is 0.456 e. The van der Waals surface area contributed by atoms with Gasteiger partial charge in [-0.1, -0.05) is 30.3 Å². The average Bonchev–Trinajstić information content (AvgIpc) is 2.37. The molecule has 2 aromatic rings. The van der Waals surface area contributed by atoms with Crippen molar-refractivity contribution in [3.8, 4) is 11.3 Å². The number of hydrogen-bond acceptors (Lipinski definition) is 3. The molecule has 0 aliphatic rings. The monoisotopic (exact) mass is 271 g/mol. The number of carbonyl (C=O) groups is 1. The second-order valence-electron chi connectivity index (χ2n) is 5.49. The predicted molar refractivity (Wildman–Crippen MR) is 77.7 cm³/mol. The number of esters is 1. The summed E-state index contributed by atoms with van der Waals surface area (Å²) < 4.78 is 5.19. The summed E-state index contributed by atoms with van der Waals surface area (Å²) in [5.74, 6) is -0.613. The Morgan fingerprint density at radius 2 is 1.80 bits per heavy atom. The Morgan fingerprint density at radius 1 is 1.15 bits per heavy atom. The zero-order valence-electron chi connectivity index (χ0n) is 11.8. The van der Waals surface area contributed by atoms with E-state index in [0.29, 0.717) is 5.69 Å². The zero-order chi connectivity index (χ0) is 14.8. The highest BCUT2D eigenvalue weighted by Gasteiger charge is 2.20. The van der Waals surface area contributed by atoms with E-state index in [2.05, 4.69) is 4.98 Å². The van der Waals surface area contributed by atoms with Crippen LogP contribution < -0.4 is 5.43 Å². The van der Waals surface area contributed by atoms with Crippen molar-refractivity contribution in [2.75, 3.05) is 0 Å². The van der Waals surface area contributed by atoms with Crippen LogP contribution in [0.25, 0.3) is 11.3 Å². The first-order valence-electron chi connectivity index (χ1n) is 6.38. The standard InChI is InChI=1S/C16H17NO3/c1-16(2,3)20-15(19)12-10-17-13(9-14(12)18)11-7-5-4-6-8-11/h4-10H,1-3H3,(H,17,18). The number of rotatable bonds is 2. The summed E-state index contributed by atoms with van der Waals surface area (Å²) in [6.45, 7) is 5.28. The lowest BCUT2D eigenvalue weighted by Crippen LogP contribution is -2.27. The van der Waals surface area contributed by atoms with Crippen LogP contribution in [0.1, 0.15) is 31.1 Å². The molecule has 0 saturated carbocycles. The first-order chi connectivity index (χ1) is 9.37. The van der Waals surface area contributed by atoms with Gasteiger partial charge in [-0.25, -0.2) is 4.79 Å². The van der Waals surface area contributed by atoms with Gasteiger partial charge >= 0.3 is 5.97 Å². The van der Waals surface area contributed by atoms with E-state index in [1.165, 1.54) is 12.3 Å². The van der Waals surface area contributed by atoms with Gasteiger partial charge in [-0.15, -0.1) is 0 Å². The van der Waals surface area contributed by atoms with Gasteiger partial charge < -0.3 is 9.72 Å². The third kappa shape index (κ3) is 3.35. The molecule has 1 heterocycles. The molecule has 20 heavy (non-hydrogen) atoms. The zero-order valence-corrected chi connectivity index (χ0v) is 11.8. The molecule has 0 saturated heterocycles. The Morgan fingerprint density at radius 3 is 2.35 bits per heavy atom. The van der Waals surface area contributed by atoms with E-state index < -0.39 is 11.6 Å². The number of hydrogen-bond donors (Lipinski definition) is 1. The van der Waals surface area contributed by atoms with E-state index in [4.69, 9.17) is 4.74 Å². The minimum atomic E-state index is -0.623. The van der Waals surface area contributed by atoms with Crippen LogP contribution in [0.4, 0.5) is 0 Å². The molecule has 0 radical (unpaired) electrons. The van der Waals surface area contributed by atoms with Gasteiger partial charge in [0.25, 0.3) is 0 Å². The summed E-state index contributed by atoms with van der Waals surface area (Å²) >= 11 is 0. The number of aromatic amines is 1. The van der Waals surface area contributed by atoms with Crippen LogP contribution in [0.5, 0.6) is 0 Å². The van der Waals surface area contributed by atoms with Crippen LogP contribution in [-0.2, 0) is 4.74 Å². The van der Waals surface area contributed by atoms with Crippen molar-refractivity contribution in [3.05, 3.63) is 58.4 Å². The van der Waals surface area contributed by atoms with Crippen LogP contribution in [-0.4, -0.2) is 16.6 Å². The number of pyridine rings is 1. The highest BCUT2D eigenvalue weighted by molar-refractivity contribution is 5.89. The number of H-pyrrole nitrogens is 1. The van der Waals surface area contributed by atoms with Crippen molar-refractivity contribution >= 4 is 5.97 Å². The third-order valence-corrected chi connectivity index (χ3v) is 2.62. The number of ether oxygens (including phenoxy) is 1. The highest BCUT2D eigenvalue weighted by Crippen LogP contribution is 2.15. The van der Waals surface area contributed by atoms with Crippen LogP contribution in [0.2, 0.25) is 0 Å². The van der Waals surface area contributed by atoms with Gasteiger partial charge in [0.1, 0.15) is 11.2 Å². The Labute approximate surface area is 117 Å². The van der Waals surface area contributed by atoms with E-state index in [-0.39, 0.29) is 11.0 Å². The Hall–Kier alpha value is -2.36. The van der Waals surface area contributed by atoms with E-state index in [1.54, 1.807) is 20.8 Å². The van der Waals surface area contributed by atoms with Gasteiger partial charge in [0.05, 0.1) is 0 Å². The number of benzene rings is 1. The fraction of sp³-hybridized carbons (Fsp3) is 0.250. The topological polar surface area (TPSA) is 59.2 Å². The van der Waals surface area contributed by atoms with E-state index in [9.17, 15) is 9.59 Å². The van der Waals surface area contributed by atoms with Gasteiger partial charge in [-0.3, -0.25) is 4.79 Å². The van der Waals surface area contributed by atoms with Gasteiger partial charge in [0, 0.05) is 18.0 Å². The van der Waals surface area contributed by atoms with Gasteiger partial charge in [-0.2, -0.15) is 0 Å². The normalized spacial score (nSPS) is 11.2. The quantitative estimate of drug-likeness (QED) is 0.854. The summed E-state index contributed by atoms with van der Waals surface area (Å²) in [6.07, 6.45) is 1.40. The van der Waals surface area contributed by atoms with Crippen molar-refractivity contribution < 1.29 is 9.53 Å². The summed E-state index contributed by atoms with van der Waals surface area (Å²) in [7, 11) is 0. The Kier molecular flexibility index (Phi) is 3.74. The maximum Gasteiger partial charge on any atom is 0.344 e. The molecule has 0 aliphatic heterocycles. The molecule has 4 nitrogen and oxygen atoms in total. The van der Waals surface area contributed by atoms with Crippen LogP contribution in [0, 0.1) is 0 Å². The first kappa shape index (κ1) is 14.1. The maximum absolute atomic E-state index is 12.0. The summed E-state index contributed by atoms with van der Waals surface area (Å²) in [6, 6.07) is 10.9. The molecule has 0 bridgehead atoms. The molecule has 2 rings (SSSR count). The lowest BCUT2D eigenvalue weighted by molar-refractivity contribution is 0.00677. The molecule has 1 aromatic heterocycles. The fourth-order valence-electron chi connectivity index (χ4n) is 1.75. The lowest BCUT2D eigenvalue weighted by atomic mass is 10.1. The lowest BCUT2D eigenvalue weighted by Gasteiger charge is -2.19. The Balaban J connectivity index is 2.32. The maximum atomic E-state index is 12.0. The van der Waals surface area contributed by atoms with Crippen LogP contribution in [0.3, 0.4) is 0 Å². The van der Waals surface area contributed by atoms with Crippen LogP contribution >= 0.6 is 0 Å². The van der Waals surface area contributed by atoms with Gasteiger partial charge in [0.2, 0.25) is 0 Å². The molecule has 0 spiro atoms. The minimum absolute atomic E-state index is 0.0135. The van der Waals surface area contributed by atoms with Gasteiger partial charge in [-0.05, 0) is 26.3 Å². The molecule has 0 amide bonds. The average molecular weight is 271 g/mol. The van der Waals surface area contributed by atoms with Crippen molar-refractivity contribution in [1.29, 1.82) is 0 Å². The number of carbonyl (C=O) groups excluding carboxylic acids is 1. The SMILES string of the molecule is CC(C)(C)OC(=O)c1c[nH]c(-c2ccccc2)cc1=O.